The molecule has 5 rings (SSSR count). The van der Waals surface area contributed by atoms with E-state index >= 15 is 0 Å². The summed E-state index contributed by atoms with van der Waals surface area (Å²) in [5.41, 5.74) is 4.78. The number of carbonyl (C=O) groups excluding carboxylic acids is 1. The molecule has 5 aromatic carbocycles. The maximum atomic E-state index is 13.7. The Balaban J connectivity index is 1.30. The van der Waals surface area contributed by atoms with E-state index < -0.39 is 5.97 Å². The monoisotopic (exact) mass is 644 g/mol. The smallest absolute Gasteiger partial charge is 0.336 e. The van der Waals surface area contributed by atoms with Crippen molar-refractivity contribution in [3.05, 3.63) is 161 Å². The Morgan fingerprint density at radius 1 is 0.750 bits per heavy atom. The molecule has 0 heterocycles. The third-order valence-corrected chi connectivity index (χ3v) is 7.87. The highest BCUT2D eigenvalue weighted by Crippen LogP contribution is 2.37. The van der Waals surface area contributed by atoms with E-state index in [9.17, 15) is 19.1 Å². The van der Waals surface area contributed by atoms with Crippen molar-refractivity contribution in [3.63, 3.8) is 0 Å². The van der Waals surface area contributed by atoms with Crippen LogP contribution in [-0.2, 0) is 19.4 Å². The van der Waals surface area contributed by atoms with Crippen molar-refractivity contribution >= 4 is 11.8 Å². The lowest BCUT2D eigenvalue weighted by Gasteiger charge is -2.18. The predicted molar refractivity (Wildman–Crippen MR) is 185 cm³/mol. The number of aryl methyl sites for hydroxylation is 1. The van der Waals surface area contributed by atoms with Gasteiger partial charge < -0.3 is 19.3 Å². The number of allylic oxidation sites excluding steroid dienone is 1. The minimum absolute atomic E-state index is 0.0544. The summed E-state index contributed by atoms with van der Waals surface area (Å²) < 4.78 is 32.4. The second-order valence-electron chi connectivity index (χ2n) is 11.1. The predicted octanol–water partition coefficient (Wildman–Crippen LogP) is 9.14. The molecule has 1 N–H and O–H groups in total. The lowest BCUT2D eigenvalue weighted by molar-refractivity contribution is 0.0692. The summed E-state index contributed by atoms with van der Waals surface area (Å²) >= 11 is 0. The average Bonchev–Trinajstić information content (AvgIpc) is 3.11. The molecule has 0 saturated carbocycles. The summed E-state index contributed by atoms with van der Waals surface area (Å²) in [6.45, 7) is 6.93. The number of halogens is 1. The van der Waals surface area contributed by atoms with Crippen molar-refractivity contribution in [1.29, 1.82) is 0 Å². The Morgan fingerprint density at radius 3 is 2.10 bits per heavy atom. The molecule has 0 saturated heterocycles. The fourth-order valence-electron chi connectivity index (χ4n) is 5.43. The molecule has 244 valence electrons. The Labute approximate surface area is 280 Å². The zero-order valence-electron chi connectivity index (χ0n) is 26.8. The van der Waals surface area contributed by atoms with Gasteiger partial charge in [-0.3, -0.25) is 4.79 Å². The maximum absolute atomic E-state index is 13.7. The number of hydrogen-bond donors (Lipinski definition) is 1. The molecule has 0 spiro atoms. The van der Waals surface area contributed by atoms with Crippen LogP contribution in [0.25, 0.3) is 11.1 Å². The van der Waals surface area contributed by atoms with Crippen molar-refractivity contribution < 1.29 is 33.3 Å². The Bertz CT molecular complexity index is 1880. The third kappa shape index (κ3) is 8.17. The minimum atomic E-state index is -1.16. The molecule has 6 nitrogen and oxygen atoms in total. The van der Waals surface area contributed by atoms with Gasteiger partial charge in [-0.2, -0.15) is 0 Å². The van der Waals surface area contributed by atoms with Crippen LogP contribution in [0.15, 0.2) is 122 Å². The molecule has 7 heteroatoms. The fraction of sp³-hybridized carbons (Fsp3) is 0.171. The molecule has 0 aliphatic heterocycles. The van der Waals surface area contributed by atoms with E-state index in [1.165, 1.54) is 24.3 Å². The van der Waals surface area contributed by atoms with E-state index in [1.54, 1.807) is 48.5 Å². The van der Waals surface area contributed by atoms with Gasteiger partial charge in [0.1, 0.15) is 29.7 Å². The number of ether oxygens (including phenoxy) is 3. The van der Waals surface area contributed by atoms with Crippen LogP contribution in [0, 0.1) is 5.82 Å². The first-order chi connectivity index (χ1) is 23.4. The highest BCUT2D eigenvalue weighted by Gasteiger charge is 2.21. The number of aromatic carboxylic acids is 1. The van der Waals surface area contributed by atoms with Crippen molar-refractivity contribution in [1.82, 2.24) is 0 Å². The largest absolute Gasteiger partial charge is 0.493 e. The van der Waals surface area contributed by atoms with Crippen LogP contribution >= 0.6 is 0 Å². The highest BCUT2D eigenvalue weighted by molar-refractivity contribution is 6.15. The van der Waals surface area contributed by atoms with Gasteiger partial charge in [-0.1, -0.05) is 85.8 Å². The van der Waals surface area contributed by atoms with Gasteiger partial charge in [0.05, 0.1) is 18.8 Å². The summed E-state index contributed by atoms with van der Waals surface area (Å²) in [6.07, 6.45) is 3.33. The zero-order valence-corrected chi connectivity index (χ0v) is 26.8. The Hall–Kier alpha value is -5.69. The van der Waals surface area contributed by atoms with Crippen molar-refractivity contribution in [2.24, 2.45) is 0 Å². The summed E-state index contributed by atoms with van der Waals surface area (Å²) in [7, 11) is 0. The first-order valence-electron chi connectivity index (χ1n) is 15.8. The van der Waals surface area contributed by atoms with E-state index in [0.717, 1.165) is 28.7 Å². The molecule has 48 heavy (non-hydrogen) atoms. The summed E-state index contributed by atoms with van der Waals surface area (Å²) in [5, 5.41) is 9.61. The van der Waals surface area contributed by atoms with Crippen LogP contribution in [0.3, 0.4) is 0 Å². The highest BCUT2D eigenvalue weighted by atomic mass is 19.1. The van der Waals surface area contributed by atoms with Gasteiger partial charge in [-0.05, 0) is 59.9 Å². The molecule has 0 amide bonds. The lowest BCUT2D eigenvalue weighted by Crippen LogP contribution is -2.13. The van der Waals surface area contributed by atoms with Gasteiger partial charge >= 0.3 is 5.97 Å². The molecular formula is C41H37FO6. The SMILES string of the molecule is C=CCc1c(OCCCOc2cc(OCc3ccccc3)c(-c3ccc(F)cc3)cc2CC)cccc1C(=O)c1ccccc1C(=O)O. The second-order valence-corrected chi connectivity index (χ2v) is 11.1. The summed E-state index contributed by atoms with van der Waals surface area (Å²) in [4.78, 5) is 25.3. The molecule has 0 radical (unpaired) electrons. The van der Waals surface area contributed by atoms with Crippen LogP contribution in [0.4, 0.5) is 4.39 Å². The molecule has 0 aliphatic rings. The van der Waals surface area contributed by atoms with Crippen molar-refractivity contribution in [3.8, 4) is 28.4 Å². The van der Waals surface area contributed by atoms with E-state index in [1.807, 2.05) is 42.5 Å². The number of benzene rings is 5. The maximum Gasteiger partial charge on any atom is 0.336 e. The molecule has 0 unspecified atom stereocenters. The summed E-state index contributed by atoms with van der Waals surface area (Å²) in [5.74, 6) is 0.00483. The average molecular weight is 645 g/mol. The van der Waals surface area contributed by atoms with Crippen LogP contribution in [0.1, 0.15) is 56.3 Å². The van der Waals surface area contributed by atoms with Gasteiger partial charge in [-0.15, -0.1) is 6.58 Å². The second kappa shape index (κ2) is 16.2. The van der Waals surface area contributed by atoms with Gasteiger partial charge in [0.25, 0.3) is 0 Å². The molecular weight excluding hydrogens is 607 g/mol. The van der Waals surface area contributed by atoms with Crippen LogP contribution in [0.2, 0.25) is 0 Å². The first kappa shape index (κ1) is 33.7. The lowest BCUT2D eigenvalue weighted by atomic mass is 9.93. The fourth-order valence-corrected chi connectivity index (χ4v) is 5.43. The third-order valence-electron chi connectivity index (χ3n) is 7.87. The standard InChI is InChI=1S/C41H37FO6/c1-3-12-32-33(40(43)34-15-8-9-16-35(34)41(44)45)17-10-18-37(32)46-23-11-24-47-38-26-39(48-27-28-13-6-5-7-14-28)36(25-29(38)4-2)30-19-21-31(42)22-20-30/h3,5-10,13-22,25-26H,1,4,11-12,23-24,27H2,2H3,(H,44,45). The minimum Gasteiger partial charge on any atom is -0.493 e. The van der Waals surface area contributed by atoms with Crippen molar-refractivity contribution in [2.75, 3.05) is 13.2 Å². The molecule has 0 bridgehead atoms. The van der Waals surface area contributed by atoms with Gasteiger partial charge in [0.15, 0.2) is 5.78 Å². The number of ketones is 1. The number of hydrogen-bond acceptors (Lipinski definition) is 5. The van der Waals surface area contributed by atoms with Crippen LogP contribution < -0.4 is 14.2 Å². The van der Waals surface area contributed by atoms with E-state index in [2.05, 4.69) is 13.5 Å². The van der Waals surface area contributed by atoms with Gasteiger partial charge in [0, 0.05) is 34.7 Å². The molecule has 0 fully saturated rings. The van der Waals surface area contributed by atoms with Gasteiger partial charge in [0.2, 0.25) is 0 Å². The van der Waals surface area contributed by atoms with E-state index in [-0.39, 0.29) is 22.7 Å². The van der Waals surface area contributed by atoms with E-state index in [4.69, 9.17) is 14.2 Å². The van der Waals surface area contributed by atoms with Crippen molar-refractivity contribution in [2.45, 2.75) is 32.8 Å². The number of carboxylic acid groups (broad SMARTS) is 1. The number of carboxylic acids is 1. The number of carbonyl (C=O) groups is 2. The van der Waals surface area contributed by atoms with E-state index in [0.29, 0.717) is 61.0 Å². The summed E-state index contributed by atoms with van der Waals surface area (Å²) in [6, 6.07) is 31.5. The van der Waals surface area contributed by atoms with Crippen LogP contribution in [0.5, 0.6) is 17.2 Å². The Kier molecular flexibility index (Phi) is 11.4. The topological polar surface area (TPSA) is 82.1 Å². The molecule has 0 aromatic heterocycles. The molecule has 5 aromatic rings. The number of rotatable bonds is 16. The van der Waals surface area contributed by atoms with Crippen LogP contribution in [-0.4, -0.2) is 30.1 Å². The van der Waals surface area contributed by atoms with Gasteiger partial charge in [-0.25, -0.2) is 9.18 Å². The first-order valence-corrected chi connectivity index (χ1v) is 15.8. The normalized spacial score (nSPS) is 10.7. The zero-order chi connectivity index (χ0) is 33.9. The molecule has 0 atom stereocenters. The Morgan fingerprint density at radius 2 is 1.42 bits per heavy atom. The quantitative estimate of drug-likeness (QED) is 0.0656. The molecule has 0 aliphatic carbocycles.